The average Bonchev–Trinajstić information content (AvgIpc) is 3.51. The largest absolute Gasteiger partial charge is 0.368 e. The second-order valence-corrected chi connectivity index (χ2v) is 10.8. The van der Waals surface area contributed by atoms with Gasteiger partial charge in [0.15, 0.2) is 5.13 Å². The third kappa shape index (κ3) is 4.67. The second-order valence-electron chi connectivity index (χ2n) is 9.78. The maximum atomic E-state index is 13.5. The first kappa shape index (κ1) is 25.2. The molecule has 0 amide bonds. The van der Waals surface area contributed by atoms with Gasteiger partial charge in [0.05, 0.1) is 11.4 Å². The summed E-state index contributed by atoms with van der Waals surface area (Å²) in [6, 6.07) is 11.2. The number of imidazole rings is 1. The first-order chi connectivity index (χ1) is 17.8. The summed E-state index contributed by atoms with van der Waals surface area (Å²) in [4.78, 5) is 17.3. The number of nitriles is 1. The van der Waals surface area contributed by atoms with E-state index in [9.17, 15) is 9.65 Å². The average molecular weight is 518 g/mol. The first-order valence-corrected chi connectivity index (χ1v) is 13.5. The lowest BCUT2D eigenvalue weighted by atomic mass is 10.1. The summed E-state index contributed by atoms with van der Waals surface area (Å²) in [5.74, 6) is 0.636. The number of rotatable bonds is 6. The number of aromatic nitrogens is 3. The molecule has 1 saturated heterocycles. The van der Waals surface area contributed by atoms with Crippen molar-refractivity contribution in [1.82, 2.24) is 19.3 Å². The highest BCUT2D eigenvalue weighted by atomic mass is 32.1. The lowest BCUT2D eigenvalue weighted by molar-refractivity contribution is 0.209. The number of anilines is 3. The maximum absolute atomic E-state index is 13.5. The molecule has 4 aromatic rings. The van der Waals surface area contributed by atoms with E-state index in [0.29, 0.717) is 21.7 Å². The van der Waals surface area contributed by atoms with Crippen molar-refractivity contribution >= 4 is 33.6 Å². The monoisotopic (exact) mass is 517 g/mol. The number of hydrogen-bond donors (Lipinski definition) is 0. The molecule has 0 aliphatic carbocycles. The molecule has 1 aliphatic rings. The van der Waals surface area contributed by atoms with Gasteiger partial charge < -0.3 is 9.80 Å². The van der Waals surface area contributed by atoms with Crippen molar-refractivity contribution in [3.05, 3.63) is 58.5 Å². The topological polar surface area (TPSA) is 63.7 Å². The van der Waals surface area contributed by atoms with E-state index < -0.39 is 0 Å². The normalized spacial score (nSPS) is 14.5. The Hall–Kier alpha value is -3.48. The standard InChI is InChI=1S/C28H32FN7S/c1-6-23-27(33(5)28-32-25(24(16-30)37-28)20-7-9-21(29)10-8-20)36-17-22(15-19(4)26(36)31-23)35-13-11-34(12-14-35)18(2)3/h7-10,15,17-18H,6,11-14H2,1-5H3. The number of pyridine rings is 1. The quantitative estimate of drug-likeness (QED) is 0.330. The minimum Gasteiger partial charge on any atom is -0.368 e. The predicted molar refractivity (Wildman–Crippen MR) is 149 cm³/mol. The highest BCUT2D eigenvalue weighted by molar-refractivity contribution is 7.16. The maximum Gasteiger partial charge on any atom is 0.192 e. The highest BCUT2D eigenvalue weighted by Gasteiger charge is 2.24. The number of benzene rings is 1. The predicted octanol–water partition coefficient (Wildman–Crippen LogP) is 5.64. The summed E-state index contributed by atoms with van der Waals surface area (Å²) >= 11 is 1.33. The van der Waals surface area contributed by atoms with Crippen molar-refractivity contribution in [2.45, 2.75) is 40.2 Å². The molecule has 7 nitrogen and oxygen atoms in total. The number of thiazole rings is 1. The van der Waals surface area contributed by atoms with Gasteiger partial charge in [-0.15, -0.1) is 0 Å². The van der Waals surface area contributed by atoms with Gasteiger partial charge in [0.1, 0.15) is 33.9 Å². The summed E-state index contributed by atoms with van der Waals surface area (Å²) in [6.45, 7) is 12.8. The van der Waals surface area contributed by atoms with E-state index in [2.05, 4.69) is 60.2 Å². The third-order valence-electron chi connectivity index (χ3n) is 7.12. The Bertz CT molecular complexity index is 1460. The van der Waals surface area contributed by atoms with Gasteiger partial charge in [0.25, 0.3) is 0 Å². The molecule has 1 aliphatic heterocycles. The van der Waals surface area contributed by atoms with Gasteiger partial charge in [-0.1, -0.05) is 18.3 Å². The van der Waals surface area contributed by atoms with Gasteiger partial charge in [-0.25, -0.2) is 14.4 Å². The van der Waals surface area contributed by atoms with Crippen molar-refractivity contribution in [3.8, 4) is 17.3 Å². The van der Waals surface area contributed by atoms with Crippen LogP contribution in [0.3, 0.4) is 0 Å². The van der Waals surface area contributed by atoms with Gasteiger partial charge in [0.2, 0.25) is 0 Å². The van der Waals surface area contributed by atoms with Crippen LogP contribution >= 0.6 is 11.3 Å². The van der Waals surface area contributed by atoms with Crippen LogP contribution in [-0.4, -0.2) is 58.5 Å². The van der Waals surface area contributed by atoms with Crippen molar-refractivity contribution in [2.75, 3.05) is 43.0 Å². The van der Waals surface area contributed by atoms with Crippen molar-refractivity contribution in [3.63, 3.8) is 0 Å². The smallest absolute Gasteiger partial charge is 0.192 e. The SMILES string of the molecule is CCc1nc2c(C)cc(N3CCN(C(C)C)CC3)cn2c1N(C)c1nc(-c2ccc(F)cc2)c(C#N)s1. The van der Waals surface area contributed by atoms with Crippen LogP contribution in [0.5, 0.6) is 0 Å². The number of halogens is 1. The summed E-state index contributed by atoms with van der Waals surface area (Å²) in [5.41, 5.74) is 5.51. The molecule has 0 bridgehead atoms. The summed E-state index contributed by atoms with van der Waals surface area (Å²) in [6.07, 6.45) is 2.95. The summed E-state index contributed by atoms with van der Waals surface area (Å²) < 4.78 is 15.7. The first-order valence-electron chi connectivity index (χ1n) is 12.7. The zero-order valence-corrected chi connectivity index (χ0v) is 22.8. The molecular weight excluding hydrogens is 485 g/mol. The molecule has 3 aromatic heterocycles. The van der Waals surface area contributed by atoms with E-state index in [1.807, 2.05) is 11.9 Å². The summed E-state index contributed by atoms with van der Waals surface area (Å²) in [7, 11) is 1.97. The van der Waals surface area contributed by atoms with Crippen LogP contribution in [0.25, 0.3) is 16.9 Å². The minimum atomic E-state index is -0.315. The van der Waals surface area contributed by atoms with Crippen LogP contribution in [0.1, 0.15) is 36.9 Å². The molecular formula is C28H32FN7S. The van der Waals surface area contributed by atoms with Crippen molar-refractivity contribution in [2.24, 2.45) is 0 Å². The molecule has 0 N–H and O–H groups in total. The molecule has 9 heteroatoms. The van der Waals surface area contributed by atoms with E-state index in [1.54, 1.807) is 12.1 Å². The van der Waals surface area contributed by atoms with E-state index in [4.69, 9.17) is 9.97 Å². The van der Waals surface area contributed by atoms with Gasteiger partial charge in [0, 0.05) is 51.0 Å². The van der Waals surface area contributed by atoms with Crippen LogP contribution in [0.15, 0.2) is 36.5 Å². The molecule has 1 fully saturated rings. The molecule has 0 unspecified atom stereocenters. The lowest BCUT2D eigenvalue weighted by Crippen LogP contribution is -2.49. The summed E-state index contributed by atoms with van der Waals surface area (Å²) in [5, 5.41) is 10.5. The molecule has 192 valence electrons. The van der Waals surface area contributed by atoms with Gasteiger partial charge in [-0.2, -0.15) is 5.26 Å². The van der Waals surface area contributed by atoms with Gasteiger partial charge >= 0.3 is 0 Å². The fourth-order valence-corrected chi connectivity index (χ4v) is 5.86. The Labute approximate surface area is 221 Å². The Morgan fingerprint density at radius 3 is 2.46 bits per heavy atom. The van der Waals surface area contributed by atoms with Crippen LogP contribution < -0.4 is 9.80 Å². The van der Waals surface area contributed by atoms with Crippen LogP contribution in [0.4, 0.5) is 21.0 Å². The Kier molecular flexibility index (Phi) is 6.88. The van der Waals surface area contributed by atoms with E-state index in [1.165, 1.54) is 29.2 Å². The molecule has 0 radical (unpaired) electrons. The fourth-order valence-electron chi connectivity index (χ4n) is 5.01. The van der Waals surface area contributed by atoms with Crippen LogP contribution in [0.2, 0.25) is 0 Å². The second kappa shape index (κ2) is 10.1. The molecule has 0 spiro atoms. The fraction of sp³-hybridized carbons (Fsp3) is 0.393. The molecule has 5 rings (SSSR count). The zero-order chi connectivity index (χ0) is 26.3. The van der Waals surface area contributed by atoms with Crippen LogP contribution in [0, 0.1) is 24.1 Å². The minimum absolute atomic E-state index is 0.315. The number of aryl methyl sites for hydroxylation is 2. The third-order valence-corrected chi connectivity index (χ3v) is 8.15. The Morgan fingerprint density at radius 2 is 1.84 bits per heavy atom. The number of piperazine rings is 1. The Balaban J connectivity index is 1.55. The van der Waals surface area contributed by atoms with Gasteiger partial charge in [-0.3, -0.25) is 9.30 Å². The Morgan fingerprint density at radius 1 is 1.14 bits per heavy atom. The lowest BCUT2D eigenvalue weighted by Gasteiger charge is -2.38. The molecule has 1 aromatic carbocycles. The van der Waals surface area contributed by atoms with Crippen LogP contribution in [-0.2, 0) is 6.42 Å². The molecule has 0 saturated carbocycles. The van der Waals surface area contributed by atoms with Crippen molar-refractivity contribution < 1.29 is 4.39 Å². The van der Waals surface area contributed by atoms with Crippen molar-refractivity contribution in [1.29, 1.82) is 5.26 Å². The number of nitrogens with zero attached hydrogens (tertiary/aromatic N) is 7. The van der Waals surface area contributed by atoms with E-state index in [0.717, 1.165) is 60.9 Å². The molecule has 0 atom stereocenters. The number of fused-ring (bicyclic) bond motifs is 1. The molecule has 37 heavy (non-hydrogen) atoms. The van der Waals surface area contributed by atoms with Gasteiger partial charge in [-0.05, 0) is 63.1 Å². The highest BCUT2D eigenvalue weighted by Crippen LogP contribution is 2.37. The number of hydrogen-bond acceptors (Lipinski definition) is 7. The molecule has 4 heterocycles. The van der Waals surface area contributed by atoms with E-state index in [-0.39, 0.29) is 5.82 Å². The zero-order valence-electron chi connectivity index (χ0n) is 22.0. The van der Waals surface area contributed by atoms with E-state index >= 15 is 0 Å².